The van der Waals surface area contributed by atoms with Crippen LogP contribution in [0.25, 0.3) is 0 Å². The van der Waals surface area contributed by atoms with Gasteiger partial charge in [-0.15, -0.1) is 0 Å². The fourth-order valence-electron chi connectivity index (χ4n) is 0.783. The fourth-order valence-corrected chi connectivity index (χ4v) is 1.17. The molecule has 0 unspecified atom stereocenters. The second-order valence-electron chi connectivity index (χ2n) is 3.29. The molecule has 0 aromatic heterocycles. The molecule has 0 amide bonds. The van der Waals surface area contributed by atoms with Crippen LogP contribution in [0, 0.1) is 11.8 Å². The van der Waals surface area contributed by atoms with Crippen LogP contribution in [0.15, 0.2) is 28.7 Å². The van der Waals surface area contributed by atoms with Gasteiger partial charge in [-0.25, -0.2) is 0 Å². The molecular formula is C11H11BrO. The van der Waals surface area contributed by atoms with E-state index in [1.807, 2.05) is 24.3 Å². The second kappa shape index (κ2) is 3.95. The molecule has 1 N–H and O–H groups in total. The Bertz CT molecular complexity index is 352. The summed E-state index contributed by atoms with van der Waals surface area (Å²) in [5.41, 5.74) is -0.0421. The van der Waals surface area contributed by atoms with Crippen LogP contribution in [0.1, 0.15) is 19.4 Å². The van der Waals surface area contributed by atoms with Crippen molar-refractivity contribution in [3.8, 4) is 11.8 Å². The summed E-state index contributed by atoms with van der Waals surface area (Å²) in [6, 6.07) is 7.68. The Morgan fingerprint density at radius 1 is 1.31 bits per heavy atom. The number of aliphatic hydroxyl groups is 1. The second-order valence-corrected chi connectivity index (χ2v) is 4.14. The van der Waals surface area contributed by atoms with Crippen LogP contribution in [0.4, 0.5) is 0 Å². The van der Waals surface area contributed by atoms with Crippen LogP contribution in [-0.2, 0) is 0 Å². The number of rotatable bonds is 0. The van der Waals surface area contributed by atoms with Gasteiger partial charge in [0, 0.05) is 10.0 Å². The molecule has 1 aromatic carbocycles. The Kier molecular flexibility index (Phi) is 3.13. The molecule has 13 heavy (non-hydrogen) atoms. The molecule has 0 atom stereocenters. The molecule has 0 spiro atoms. The molecule has 0 aliphatic carbocycles. The minimum absolute atomic E-state index is 0.893. The Morgan fingerprint density at radius 3 is 2.46 bits per heavy atom. The van der Waals surface area contributed by atoms with Crippen molar-refractivity contribution < 1.29 is 5.11 Å². The molecule has 1 aromatic rings. The third-order valence-corrected chi connectivity index (χ3v) is 2.07. The third kappa shape index (κ3) is 3.63. The monoisotopic (exact) mass is 238 g/mol. The van der Waals surface area contributed by atoms with Gasteiger partial charge in [0.15, 0.2) is 0 Å². The topological polar surface area (TPSA) is 20.2 Å². The highest BCUT2D eigenvalue weighted by atomic mass is 79.9. The standard InChI is InChI=1S/C11H11BrO/c1-11(2,13)8-7-9-5-3-4-6-10(9)12/h3-6,13H,1-2H3. The molecule has 1 nitrogen and oxygen atoms in total. The maximum Gasteiger partial charge on any atom is 0.120 e. The van der Waals surface area contributed by atoms with Crippen LogP contribution < -0.4 is 0 Å². The van der Waals surface area contributed by atoms with Crippen molar-refractivity contribution in [1.29, 1.82) is 0 Å². The number of halogens is 1. The first-order chi connectivity index (χ1) is 5.99. The van der Waals surface area contributed by atoms with E-state index in [4.69, 9.17) is 0 Å². The van der Waals surface area contributed by atoms with E-state index < -0.39 is 5.60 Å². The highest BCUT2D eigenvalue weighted by Crippen LogP contribution is 2.14. The summed E-state index contributed by atoms with van der Waals surface area (Å²) in [6.45, 7) is 3.33. The normalized spacial score (nSPS) is 10.5. The van der Waals surface area contributed by atoms with Crippen molar-refractivity contribution in [3.05, 3.63) is 34.3 Å². The van der Waals surface area contributed by atoms with Crippen LogP contribution in [0.3, 0.4) is 0 Å². The summed E-state index contributed by atoms with van der Waals surface area (Å²) >= 11 is 3.38. The van der Waals surface area contributed by atoms with Gasteiger partial charge < -0.3 is 5.11 Å². The van der Waals surface area contributed by atoms with E-state index >= 15 is 0 Å². The van der Waals surface area contributed by atoms with Crippen molar-refractivity contribution >= 4 is 15.9 Å². The Hall–Kier alpha value is -0.780. The molecule has 2 heteroatoms. The number of benzene rings is 1. The molecule has 68 valence electrons. The smallest absolute Gasteiger partial charge is 0.120 e. The molecular weight excluding hydrogens is 228 g/mol. The zero-order chi connectivity index (χ0) is 9.90. The summed E-state index contributed by atoms with van der Waals surface area (Å²) in [5.74, 6) is 5.66. The van der Waals surface area contributed by atoms with E-state index in [1.54, 1.807) is 13.8 Å². The van der Waals surface area contributed by atoms with Crippen molar-refractivity contribution in [3.63, 3.8) is 0 Å². The van der Waals surface area contributed by atoms with Gasteiger partial charge in [-0.2, -0.15) is 0 Å². The maximum absolute atomic E-state index is 9.38. The number of hydrogen-bond acceptors (Lipinski definition) is 1. The van der Waals surface area contributed by atoms with Crippen molar-refractivity contribution in [2.75, 3.05) is 0 Å². The quantitative estimate of drug-likeness (QED) is 0.690. The number of hydrogen-bond donors (Lipinski definition) is 1. The van der Waals surface area contributed by atoms with Gasteiger partial charge in [-0.3, -0.25) is 0 Å². The van der Waals surface area contributed by atoms with E-state index in [9.17, 15) is 5.11 Å². The Morgan fingerprint density at radius 2 is 1.92 bits per heavy atom. The molecule has 0 saturated carbocycles. The minimum atomic E-state index is -0.935. The summed E-state index contributed by atoms with van der Waals surface area (Å²) in [5, 5.41) is 9.38. The van der Waals surface area contributed by atoms with E-state index in [-0.39, 0.29) is 0 Å². The molecule has 0 fully saturated rings. The van der Waals surface area contributed by atoms with E-state index in [2.05, 4.69) is 27.8 Å². The summed E-state index contributed by atoms with van der Waals surface area (Å²) in [4.78, 5) is 0. The zero-order valence-corrected chi connectivity index (χ0v) is 9.22. The highest BCUT2D eigenvalue weighted by molar-refractivity contribution is 9.10. The van der Waals surface area contributed by atoms with Crippen LogP contribution in [-0.4, -0.2) is 10.7 Å². The van der Waals surface area contributed by atoms with Gasteiger partial charge in [-0.05, 0) is 41.9 Å². The molecule has 0 saturated heterocycles. The van der Waals surface area contributed by atoms with Crippen LogP contribution in [0.2, 0.25) is 0 Å². The van der Waals surface area contributed by atoms with Crippen LogP contribution in [0.5, 0.6) is 0 Å². The first-order valence-corrected chi connectivity index (χ1v) is 4.78. The largest absolute Gasteiger partial charge is 0.378 e. The van der Waals surface area contributed by atoms with Gasteiger partial charge in [0.25, 0.3) is 0 Å². The third-order valence-electron chi connectivity index (χ3n) is 1.38. The lowest BCUT2D eigenvalue weighted by atomic mass is 10.1. The average molecular weight is 239 g/mol. The summed E-state index contributed by atoms with van der Waals surface area (Å²) < 4.78 is 0.951. The SMILES string of the molecule is CC(C)(O)C#Cc1ccccc1Br. The molecule has 0 aliphatic heterocycles. The van der Waals surface area contributed by atoms with E-state index in [1.165, 1.54) is 0 Å². The molecule has 0 radical (unpaired) electrons. The molecule has 0 bridgehead atoms. The summed E-state index contributed by atoms with van der Waals surface area (Å²) in [6.07, 6.45) is 0. The van der Waals surface area contributed by atoms with Gasteiger partial charge in [-0.1, -0.05) is 24.0 Å². The first-order valence-electron chi connectivity index (χ1n) is 3.99. The fraction of sp³-hybridized carbons (Fsp3) is 0.273. The lowest BCUT2D eigenvalue weighted by Gasteiger charge is -2.06. The van der Waals surface area contributed by atoms with Crippen molar-refractivity contribution in [2.45, 2.75) is 19.4 Å². The highest BCUT2D eigenvalue weighted by Gasteiger charge is 2.05. The predicted octanol–water partition coefficient (Wildman–Crippen LogP) is 2.57. The van der Waals surface area contributed by atoms with Gasteiger partial charge >= 0.3 is 0 Å². The first kappa shape index (κ1) is 10.3. The maximum atomic E-state index is 9.38. The average Bonchev–Trinajstić information content (AvgIpc) is 2.01. The van der Waals surface area contributed by atoms with E-state index in [0.717, 1.165) is 10.0 Å². The van der Waals surface area contributed by atoms with Gasteiger partial charge in [0.05, 0.1) is 0 Å². The lowest BCUT2D eigenvalue weighted by Crippen LogP contribution is -2.14. The van der Waals surface area contributed by atoms with Crippen molar-refractivity contribution in [1.82, 2.24) is 0 Å². The minimum Gasteiger partial charge on any atom is -0.378 e. The lowest BCUT2D eigenvalue weighted by molar-refractivity contribution is 0.143. The van der Waals surface area contributed by atoms with E-state index in [0.29, 0.717) is 0 Å². The molecule has 1 rings (SSSR count). The van der Waals surface area contributed by atoms with Gasteiger partial charge in [0.2, 0.25) is 0 Å². The van der Waals surface area contributed by atoms with Crippen molar-refractivity contribution in [2.24, 2.45) is 0 Å². The predicted molar refractivity (Wildman–Crippen MR) is 57.3 cm³/mol. The zero-order valence-electron chi connectivity index (χ0n) is 7.63. The molecule has 0 aliphatic rings. The Balaban J connectivity index is 2.97. The summed E-state index contributed by atoms with van der Waals surface area (Å²) in [7, 11) is 0. The van der Waals surface area contributed by atoms with Gasteiger partial charge in [0.1, 0.15) is 5.60 Å². The van der Waals surface area contributed by atoms with Crippen LogP contribution >= 0.6 is 15.9 Å². The Labute approximate surface area is 86.9 Å². The molecule has 0 heterocycles.